The second kappa shape index (κ2) is 15.8. The number of nitrogens with zero attached hydrogens (tertiary/aromatic N) is 8. The average molecular weight is 805 g/mol. The molecule has 2 N–H and O–H groups in total. The highest BCUT2D eigenvalue weighted by Gasteiger charge is 2.19. The lowest BCUT2D eigenvalue weighted by Crippen LogP contribution is -2.40. The predicted octanol–water partition coefficient (Wildman–Crippen LogP) is 3.81. The molecule has 16 nitrogen and oxygen atoms in total. The molecule has 0 unspecified atom stereocenters. The minimum Gasteiger partial charge on any atom is -0.325 e. The molecular formula is C44H40N10O6. The van der Waals surface area contributed by atoms with E-state index < -0.39 is 22.5 Å². The third-order valence-corrected chi connectivity index (χ3v) is 10.6. The number of aromatic nitrogens is 8. The Balaban J connectivity index is 0.930. The molecule has 0 spiro atoms. The van der Waals surface area contributed by atoms with Crippen molar-refractivity contribution in [3.63, 3.8) is 0 Å². The molecule has 0 saturated carbocycles. The van der Waals surface area contributed by atoms with Crippen LogP contribution in [0.1, 0.15) is 11.1 Å². The van der Waals surface area contributed by atoms with Crippen molar-refractivity contribution in [2.75, 3.05) is 10.6 Å². The van der Waals surface area contributed by atoms with Crippen molar-refractivity contribution in [1.82, 2.24) is 37.4 Å². The van der Waals surface area contributed by atoms with E-state index in [1.54, 1.807) is 19.2 Å². The summed E-state index contributed by atoms with van der Waals surface area (Å²) in [4.78, 5) is 86.8. The van der Waals surface area contributed by atoms with Gasteiger partial charge in [0.05, 0.1) is 12.7 Å². The van der Waals surface area contributed by atoms with E-state index in [-0.39, 0.29) is 53.8 Å². The Hall–Kier alpha value is -7.88. The van der Waals surface area contributed by atoms with E-state index >= 15 is 0 Å². The van der Waals surface area contributed by atoms with Gasteiger partial charge in [-0.3, -0.25) is 37.4 Å². The van der Waals surface area contributed by atoms with Gasteiger partial charge in [-0.2, -0.15) is 0 Å². The van der Waals surface area contributed by atoms with Crippen LogP contribution in [0.2, 0.25) is 0 Å². The molecule has 4 aromatic heterocycles. The van der Waals surface area contributed by atoms with Crippen LogP contribution in [0.25, 0.3) is 44.6 Å². The number of hydrogen-bond donors (Lipinski definition) is 2. The lowest BCUT2D eigenvalue weighted by molar-refractivity contribution is -0.117. The van der Waals surface area contributed by atoms with Gasteiger partial charge in [0.25, 0.3) is 11.1 Å². The van der Waals surface area contributed by atoms with Crippen LogP contribution >= 0.6 is 0 Å². The van der Waals surface area contributed by atoms with E-state index in [0.717, 1.165) is 37.9 Å². The predicted molar refractivity (Wildman–Crippen MR) is 229 cm³/mol. The molecule has 8 aromatic rings. The van der Waals surface area contributed by atoms with Crippen LogP contribution in [-0.4, -0.2) is 49.2 Å². The monoisotopic (exact) mass is 804 g/mol. The second-order valence-corrected chi connectivity index (χ2v) is 14.6. The van der Waals surface area contributed by atoms with Crippen LogP contribution in [0.15, 0.2) is 129 Å². The molecule has 60 heavy (non-hydrogen) atoms. The number of nitrogens with one attached hydrogen (secondary N) is 2. The van der Waals surface area contributed by atoms with E-state index in [1.165, 1.54) is 49.6 Å². The number of fused-ring (bicyclic) bond motifs is 2. The number of rotatable bonds is 11. The molecule has 0 atom stereocenters. The summed E-state index contributed by atoms with van der Waals surface area (Å²) in [6.07, 6.45) is 3.13. The largest absolute Gasteiger partial charge is 0.332 e. The Bertz CT molecular complexity index is 3220. The fourth-order valence-corrected chi connectivity index (χ4v) is 7.39. The molecule has 2 amide bonds. The maximum absolute atomic E-state index is 13.8. The smallest absolute Gasteiger partial charge is 0.325 e. The number of imidazole rings is 2. The highest BCUT2D eigenvalue weighted by Crippen LogP contribution is 2.25. The molecule has 0 saturated heterocycles. The van der Waals surface area contributed by atoms with Gasteiger partial charge in [-0.05, 0) is 71.0 Å². The molecule has 8 rings (SSSR count). The summed E-state index contributed by atoms with van der Waals surface area (Å²) in [5.41, 5.74) is 5.67. The van der Waals surface area contributed by atoms with Crippen LogP contribution in [0, 0.1) is 6.92 Å². The van der Waals surface area contributed by atoms with Crippen LogP contribution in [-0.2, 0) is 56.8 Å². The van der Waals surface area contributed by atoms with E-state index in [1.807, 2.05) is 91.9 Å². The van der Waals surface area contributed by atoms with E-state index in [9.17, 15) is 28.8 Å². The third kappa shape index (κ3) is 7.37. The highest BCUT2D eigenvalue weighted by atomic mass is 16.2. The molecule has 0 aliphatic rings. The number of benzene rings is 4. The summed E-state index contributed by atoms with van der Waals surface area (Å²) in [5, 5.41) is 5.72. The quantitative estimate of drug-likeness (QED) is 0.198. The van der Waals surface area contributed by atoms with Crippen molar-refractivity contribution in [2.45, 2.75) is 33.0 Å². The zero-order chi connectivity index (χ0) is 42.2. The van der Waals surface area contributed by atoms with Gasteiger partial charge in [0.2, 0.25) is 11.8 Å². The summed E-state index contributed by atoms with van der Waals surface area (Å²) >= 11 is 0. The van der Waals surface area contributed by atoms with Gasteiger partial charge in [-0.15, -0.1) is 0 Å². The molecular weight excluding hydrogens is 765 g/mol. The summed E-state index contributed by atoms with van der Waals surface area (Å²) in [6.45, 7) is 1.77. The SMILES string of the molecule is Cc1ccccc1-c1ccc(NC(=O)Cn2cnc3c2c(=O)n(CCc2cccc(-c4ccc(NC(=O)Cn5cnc6c5c(=O)n(C)c(=O)n6C)cc4)c2)c(=O)n3C)cc1. The van der Waals surface area contributed by atoms with Gasteiger partial charge in [0.15, 0.2) is 22.3 Å². The normalized spacial score (nSPS) is 11.3. The maximum Gasteiger partial charge on any atom is 0.332 e. The summed E-state index contributed by atoms with van der Waals surface area (Å²) in [6, 6.07) is 30.6. The first-order valence-corrected chi connectivity index (χ1v) is 19.1. The average Bonchev–Trinajstić information content (AvgIpc) is 3.87. The van der Waals surface area contributed by atoms with Crippen LogP contribution in [0.4, 0.5) is 11.4 Å². The summed E-state index contributed by atoms with van der Waals surface area (Å²) in [5.74, 6) is -0.734. The lowest BCUT2D eigenvalue weighted by atomic mass is 10.0. The summed E-state index contributed by atoms with van der Waals surface area (Å²) < 4.78 is 7.59. The minimum atomic E-state index is -0.540. The van der Waals surface area contributed by atoms with Gasteiger partial charge in [-0.25, -0.2) is 19.6 Å². The number of carbonyl (C=O) groups excluding carboxylic acids is 2. The van der Waals surface area contributed by atoms with Crippen molar-refractivity contribution in [3.8, 4) is 22.3 Å². The van der Waals surface area contributed by atoms with Crippen LogP contribution in [0.3, 0.4) is 0 Å². The zero-order valence-electron chi connectivity index (χ0n) is 33.2. The van der Waals surface area contributed by atoms with Gasteiger partial charge in [0, 0.05) is 39.1 Å². The number of aryl methyl sites for hydroxylation is 4. The fourth-order valence-electron chi connectivity index (χ4n) is 7.39. The molecule has 16 heteroatoms. The Morgan fingerprint density at radius 1 is 0.583 bits per heavy atom. The lowest BCUT2D eigenvalue weighted by Gasteiger charge is -2.12. The summed E-state index contributed by atoms with van der Waals surface area (Å²) in [7, 11) is 4.44. The standard InChI is InChI=1S/C44H40N10O6/c1-27-8-5-6-11-34(27)30-14-18-33(19-15-30)48-36(56)24-53-26-46-40-38(53)42(58)54(44(60)50(40)3)21-20-28-9-7-10-31(22-28)29-12-16-32(17-13-29)47-35(55)23-52-25-45-39-37(52)41(57)51(4)43(59)49(39)2/h5-19,22,25-26H,20-21,23-24H2,1-4H3,(H,47,55)(H,48,56). The van der Waals surface area contributed by atoms with Gasteiger partial charge in [0.1, 0.15) is 13.1 Å². The van der Waals surface area contributed by atoms with Crippen LogP contribution < -0.4 is 33.1 Å². The van der Waals surface area contributed by atoms with Crippen LogP contribution in [0.5, 0.6) is 0 Å². The van der Waals surface area contributed by atoms with E-state index in [2.05, 4.69) is 20.6 Å². The Morgan fingerprint density at radius 2 is 1.13 bits per heavy atom. The van der Waals surface area contributed by atoms with Gasteiger partial charge < -0.3 is 19.8 Å². The maximum atomic E-state index is 13.8. The number of amides is 2. The van der Waals surface area contributed by atoms with Crippen molar-refractivity contribution in [2.24, 2.45) is 21.1 Å². The van der Waals surface area contributed by atoms with E-state index in [4.69, 9.17) is 0 Å². The first-order chi connectivity index (χ1) is 28.9. The van der Waals surface area contributed by atoms with Crippen molar-refractivity contribution in [3.05, 3.63) is 163 Å². The molecule has 4 aromatic carbocycles. The molecule has 0 radical (unpaired) electrons. The Labute approximate surface area is 341 Å². The van der Waals surface area contributed by atoms with Crippen molar-refractivity contribution >= 4 is 45.5 Å². The number of anilines is 2. The van der Waals surface area contributed by atoms with Crippen molar-refractivity contribution < 1.29 is 9.59 Å². The molecule has 0 bridgehead atoms. The van der Waals surface area contributed by atoms with Crippen molar-refractivity contribution in [1.29, 1.82) is 0 Å². The molecule has 0 aliphatic heterocycles. The second-order valence-electron chi connectivity index (χ2n) is 14.6. The van der Waals surface area contributed by atoms with Gasteiger partial charge in [-0.1, -0.05) is 72.8 Å². The molecule has 4 heterocycles. The highest BCUT2D eigenvalue weighted by molar-refractivity contribution is 5.92. The zero-order valence-corrected chi connectivity index (χ0v) is 33.2. The molecule has 302 valence electrons. The van der Waals surface area contributed by atoms with Gasteiger partial charge >= 0.3 is 11.4 Å². The number of hydrogen-bond acceptors (Lipinski definition) is 8. The molecule has 0 aliphatic carbocycles. The van der Waals surface area contributed by atoms with E-state index in [0.29, 0.717) is 17.8 Å². The third-order valence-electron chi connectivity index (χ3n) is 10.6. The number of carbonyl (C=O) groups is 2. The Kier molecular flexibility index (Phi) is 10.3. The first-order valence-electron chi connectivity index (χ1n) is 19.1. The Morgan fingerprint density at radius 3 is 1.73 bits per heavy atom. The molecule has 0 fully saturated rings. The topological polar surface area (TPSA) is 182 Å². The first kappa shape index (κ1) is 39.0. The minimum absolute atomic E-state index is 0.0923. The fraction of sp³-hybridized carbons (Fsp3) is 0.182.